The molecule has 0 aliphatic carbocycles. The molecule has 0 aliphatic heterocycles. The molecule has 0 atom stereocenters. The van der Waals surface area contributed by atoms with Gasteiger partial charge in [-0.05, 0) is 47.1 Å². The van der Waals surface area contributed by atoms with Crippen LogP contribution in [0.2, 0.25) is 0 Å². The smallest absolute Gasteiger partial charge is 0.263 e. The zero-order chi connectivity index (χ0) is 15.5. The number of benzene rings is 1. The Labute approximate surface area is 140 Å². The zero-order valence-electron chi connectivity index (χ0n) is 11.0. The highest BCUT2D eigenvalue weighted by Gasteiger charge is 2.18. The van der Waals surface area contributed by atoms with Crippen molar-refractivity contribution in [2.24, 2.45) is 0 Å². The molecule has 2 rings (SSSR count). The van der Waals surface area contributed by atoms with Crippen molar-refractivity contribution < 1.29 is 13.2 Å². The van der Waals surface area contributed by atoms with Gasteiger partial charge in [0.05, 0.1) is 18.5 Å². The molecule has 5 nitrogen and oxygen atoms in total. The summed E-state index contributed by atoms with van der Waals surface area (Å²) in [5.41, 5.74) is 0.369. The maximum absolute atomic E-state index is 12.3. The zero-order valence-corrected chi connectivity index (χ0v) is 15.0. The number of nitrogens with one attached hydrogen (secondary N) is 1. The number of ether oxygens (including phenoxy) is 1. The van der Waals surface area contributed by atoms with Crippen LogP contribution in [-0.4, -0.2) is 20.0 Å². The summed E-state index contributed by atoms with van der Waals surface area (Å²) in [5.74, 6) is 0.449. The summed E-state index contributed by atoms with van der Waals surface area (Å²) in [6, 6.07) is 8.06. The highest BCUT2D eigenvalue weighted by atomic mass is 79.9. The Morgan fingerprint density at radius 1 is 1.24 bits per heavy atom. The average Bonchev–Trinajstić information content (AvgIpc) is 2.40. The summed E-state index contributed by atoms with van der Waals surface area (Å²) in [7, 11) is -3.68. The number of halogens is 2. The lowest BCUT2D eigenvalue weighted by atomic mass is 10.4. The number of hydrogen-bond acceptors (Lipinski definition) is 4. The lowest BCUT2D eigenvalue weighted by Gasteiger charge is -2.10. The molecule has 1 aromatic carbocycles. The van der Waals surface area contributed by atoms with Crippen molar-refractivity contribution in [3.8, 4) is 5.88 Å². The van der Waals surface area contributed by atoms with Gasteiger partial charge in [-0.3, -0.25) is 4.72 Å². The van der Waals surface area contributed by atoms with Gasteiger partial charge in [0.2, 0.25) is 5.88 Å². The minimum absolute atomic E-state index is 0.152. The van der Waals surface area contributed by atoms with Crippen molar-refractivity contribution in [2.45, 2.75) is 11.8 Å². The van der Waals surface area contributed by atoms with Crippen LogP contribution in [0.4, 0.5) is 5.69 Å². The molecule has 0 bridgehead atoms. The molecule has 112 valence electrons. The molecule has 0 amide bonds. The molecule has 0 spiro atoms. The Balaban J connectivity index is 2.24. The standard InChI is InChI=1S/C13H12Br2N2O3S/c1-2-20-13-6-4-10(8-16-13)17-21(18,19)12-5-3-9(14)7-11(12)15/h3-8,17H,2H2,1H3. The first-order valence-corrected chi connectivity index (χ1v) is 9.06. The SMILES string of the molecule is CCOc1ccc(NS(=O)(=O)c2ccc(Br)cc2Br)cn1. The first-order chi connectivity index (χ1) is 9.92. The van der Waals surface area contributed by atoms with E-state index >= 15 is 0 Å². The minimum Gasteiger partial charge on any atom is -0.478 e. The molecule has 1 heterocycles. The van der Waals surface area contributed by atoms with E-state index in [1.54, 1.807) is 24.3 Å². The summed E-state index contributed by atoms with van der Waals surface area (Å²) >= 11 is 6.53. The number of pyridine rings is 1. The van der Waals surface area contributed by atoms with Gasteiger partial charge >= 0.3 is 0 Å². The van der Waals surface area contributed by atoms with E-state index in [4.69, 9.17) is 4.74 Å². The molecule has 0 aliphatic rings. The van der Waals surface area contributed by atoms with Crippen molar-refractivity contribution in [2.75, 3.05) is 11.3 Å². The number of aromatic nitrogens is 1. The number of anilines is 1. The van der Waals surface area contributed by atoms with E-state index in [-0.39, 0.29) is 4.90 Å². The van der Waals surface area contributed by atoms with Crippen molar-refractivity contribution in [1.29, 1.82) is 0 Å². The van der Waals surface area contributed by atoms with Crippen LogP contribution in [0.5, 0.6) is 5.88 Å². The Morgan fingerprint density at radius 3 is 2.57 bits per heavy atom. The van der Waals surface area contributed by atoms with E-state index in [2.05, 4.69) is 41.6 Å². The largest absolute Gasteiger partial charge is 0.478 e. The van der Waals surface area contributed by atoms with Gasteiger partial charge in [0.15, 0.2) is 0 Å². The molecule has 0 saturated carbocycles. The predicted molar refractivity (Wildman–Crippen MR) is 88.1 cm³/mol. The Hall–Kier alpha value is -1.12. The van der Waals surface area contributed by atoms with Gasteiger partial charge in [0.1, 0.15) is 4.90 Å². The van der Waals surface area contributed by atoms with Crippen LogP contribution in [0.1, 0.15) is 6.92 Å². The molecular weight excluding hydrogens is 424 g/mol. The number of sulfonamides is 1. The van der Waals surface area contributed by atoms with E-state index in [0.717, 1.165) is 4.47 Å². The number of hydrogen-bond donors (Lipinski definition) is 1. The quantitative estimate of drug-likeness (QED) is 0.775. The highest BCUT2D eigenvalue weighted by Crippen LogP contribution is 2.27. The minimum atomic E-state index is -3.68. The second-order valence-electron chi connectivity index (χ2n) is 4.00. The Morgan fingerprint density at radius 2 is 2.00 bits per heavy atom. The van der Waals surface area contributed by atoms with Crippen LogP contribution in [0.15, 0.2) is 50.4 Å². The summed E-state index contributed by atoms with van der Waals surface area (Å²) in [6.07, 6.45) is 1.41. The van der Waals surface area contributed by atoms with Crippen LogP contribution in [-0.2, 0) is 10.0 Å². The van der Waals surface area contributed by atoms with E-state index < -0.39 is 10.0 Å². The maximum Gasteiger partial charge on any atom is 0.263 e. The summed E-state index contributed by atoms with van der Waals surface area (Å²) in [5, 5.41) is 0. The van der Waals surface area contributed by atoms with Gasteiger partial charge in [-0.2, -0.15) is 0 Å². The molecule has 0 unspecified atom stereocenters. The molecule has 8 heteroatoms. The van der Waals surface area contributed by atoms with E-state index in [9.17, 15) is 8.42 Å². The molecule has 2 aromatic rings. The van der Waals surface area contributed by atoms with Crippen molar-refractivity contribution in [3.05, 3.63) is 45.5 Å². The monoisotopic (exact) mass is 434 g/mol. The second-order valence-corrected chi connectivity index (χ2v) is 7.42. The number of nitrogens with zero attached hydrogens (tertiary/aromatic N) is 1. The predicted octanol–water partition coefficient (Wildman–Crippen LogP) is 3.81. The van der Waals surface area contributed by atoms with Crippen molar-refractivity contribution >= 4 is 47.6 Å². The van der Waals surface area contributed by atoms with Gasteiger partial charge in [0.25, 0.3) is 10.0 Å². The van der Waals surface area contributed by atoms with E-state index in [1.807, 2.05) is 6.92 Å². The fourth-order valence-corrected chi connectivity index (χ4v) is 4.37. The summed E-state index contributed by atoms with van der Waals surface area (Å²) < 4.78 is 33.6. The molecule has 0 radical (unpaired) electrons. The lowest BCUT2D eigenvalue weighted by molar-refractivity contribution is 0.327. The fourth-order valence-electron chi connectivity index (χ4n) is 1.58. The van der Waals surface area contributed by atoms with Crippen LogP contribution >= 0.6 is 31.9 Å². The molecule has 0 fully saturated rings. The Bertz CT molecular complexity index is 734. The van der Waals surface area contributed by atoms with Gasteiger partial charge < -0.3 is 4.74 Å². The van der Waals surface area contributed by atoms with Crippen LogP contribution in [0.25, 0.3) is 0 Å². The molecular formula is C13H12Br2N2O3S. The fraction of sp³-hybridized carbons (Fsp3) is 0.154. The maximum atomic E-state index is 12.3. The average molecular weight is 436 g/mol. The molecule has 21 heavy (non-hydrogen) atoms. The normalized spacial score (nSPS) is 11.2. The molecule has 1 N–H and O–H groups in total. The van der Waals surface area contributed by atoms with Crippen molar-refractivity contribution in [3.63, 3.8) is 0 Å². The van der Waals surface area contributed by atoms with Crippen LogP contribution in [0.3, 0.4) is 0 Å². The Kier molecular flexibility index (Phi) is 5.23. The van der Waals surface area contributed by atoms with E-state index in [0.29, 0.717) is 22.6 Å². The first-order valence-electron chi connectivity index (χ1n) is 5.99. The molecule has 1 aromatic heterocycles. The number of rotatable bonds is 5. The highest BCUT2D eigenvalue weighted by molar-refractivity contribution is 9.11. The van der Waals surface area contributed by atoms with E-state index in [1.165, 1.54) is 12.3 Å². The summed E-state index contributed by atoms with van der Waals surface area (Å²) in [4.78, 5) is 4.17. The van der Waals surface area contributed by atoms with Crippen molar-refractivity contribution in [1.82, 2.24) is 4.98 Å². The van der Waals surface area contributed by atoms with Gasteiger partial charge in [-0.25, -0.2) is 13.4 Å². The topological polar surface area (TPSA) is 68.3 Å². The van der Waals surface area contributed by atoms with Gasteiger partial charge in [0, 0.05) is 15.0 Å². The summed E-state index contributed by atoms with van der Waals surface area (Å²) in [6.45, 7) is 2.35. The molecule has 0 saturated heterocycles. The van der Waals surface area contributed by atoms with Gasteiger partial charge in [-0.1, -0.05) is 15.9 Å². The van der Waals surface area contributed by atoms with Crippen LogP contribution < -0.4 is 9.46 Å². The second kappa shape index (κ2) is 6.76. The third-order valence-corrected chi connectivity index (χ3v) is 5.32. The van der Waals surface area contributed by atoms with Crippen LogP contribution in [0, 0.1) is 0 Å². The third kappa shape index (κ3) is 4.18. The third-order valence-electron chi connectivity index (χ3n) is 2.46. The first kappa shape index (κ1) is 16.3. The lowest BCUT2D eigenvalue weighted by Crippen LogP contribution is -2.13. The van der Waals surface area contributed by atoms with Gasteiger partial charge in [-0.15, -0.1) is 0 Å².